The van der Waals surface area contributed by atoms with Crippen molar-refractivity contribution in [2.24, 2.45) is 0 Å². The Morgan fingerprint density at radius 2 is 1.73 bits per heavy atom. The van der Waals surface area contributed by atoms with Gasteiger partial charge in [-0.3, -0.25) is 0 Å². The maximum atomic E-state index is 3.58. The molecule has 0 atom stereocenters. The van der Waals surface area contributed by atoms with Crippen LogP contribution in [0.5, 0.6) is 0 Å². The summed E-state index contributed by atoms with van der Waals surface area (Å²) in [5.41, 5.74) is 3.56. The summed E-state index contributed by atoms with van der Waals surface area (Å²) in [6, 6.07) is 16.6. The summed E-state index contributed by atoms with van der Waals surface area (Å²) in [7, 11) is 1.92. The fourth-order valence-corrected chi connectivity index (χ4v) is 2.13. The van der Waals surface area contributed by atoms with Crippen molar-refractivity contribution in [3.05, 3.63) is 53.0 Å². The molecule has 0 radical (unpaired) electrons. The average Bonchev–Trinajstić information content (AvgIpc) is 2.30. The van der Waals surface area contributed by atoms with Gasteiger partial charge in [0.05, 0.1) is 0 Å². The Kier molecular flexibility index (Phi) is 3.07. The van der Waals surface area contributed by atoms with Gasteiger partial charge in [0.25, 0.3) is 0 Å². The van der Waals surface area contributed by atoms with E-state index < -0.39 is 0 Å². The van der Waals surface area contributed by atoms with Crippen molar-refractivity contribution in [2.45, 2.75) is 0 Å². The van der Waals surface area contributed by atoms with Gasteiger partial charge in [0, 0.05) is 17.2 Å². The first-order chi connectivity index (χ1) is 7.31. The molecular weight excluding hydrogens is 250 g/mol. The van der Waals surface area contributed by atoms with E-state index in [-0.39, 0.29) is 0 Å². The molecule has 0 amide bonds. The van der Waals surface area contributed by atoms with Crippen molar-refractivity contribution in [3.63, 3.8) is 0 Å². The molecule has 1 nitrogen and oxygen atoms in total. The topological polar surface area (TPSA) is 12.0 Å². The third kappa shape index (κ3) is 2.21. The first-order valence-electron chi connectivity index (χ1n) is 4.84. The van der Waals surface area contributed by atoms with Crippen LogP contribution in [-0.2, 0) is 0 Å². The second-order valence-electron chi connectivity index (χ2n) is 3.31. The van der Waals surface area contributed by atoms with Gasteiger partial charge in [0.15, 0.2) is 0 Å². The summed E-state index contributed by atoms with van der Waals surface area (Å²) in [5, 5.41) is 3.12. The van der Waals surface area contributed by atoms with E-state index in [4.69, 9.17) is 0 Å². The highest BCUT2D eigenvalue weighted by atomic mass is 79.9. The van der Waals surface area contributed by atoms with Crippen molar-refractivity contribution >= 4 is 21.6 Å². The van der Waals surface area contributed by atoms with E-state index >= 15 is 0 Å². The van der Waals surface area contributed by atoms with E-state index in [0.717, 1.165) is 10.2 Å². The van der Waals surface area contributed by atoms with Gasteiger partial charge in [0.2, 0.25) is 0 Å². The summed E-state index contributed by atoms with van der Waals surface area (Å²) in [4.78, 5) is 0. The number of rotatable bonds is 2. The number of halogens is 1. The third-order valence-electron chi connectivity index (χ3n) is 2.34. The van der Waals surface area contributed by atoms with Gasteiger partial charge in [-0.2, -0.15) is 0 Å². The highest BCUT2D eigenvalue weighted by Crippen LogP contribution is 2.30. The molecule has 76 valence electrons. The van der Waals surface area contributed by atoms with Gasteiger partial charge >= 0.3 is 0 Å². The molecule has 2 aromatic rings. The highest BCUT2D eigenvalue weighted by molar-refractivity contribution is 9.10. The van der Waals surface area contributed by atoms with Crippen LogP contribution < -0.4 is 5.32 Å². The predicted octanol–water partition coefficient (Wildman–Crippen LogP) is 4.16. The number of hydrogen-bond acceptors (Lipinski definition) is 1. The Labute approximate surface area is 98.3 Å². The average molecular weight is 262 g/mol. The molecule has 2 aromatic carbocycles. The van der Waals surface area contributed by atoms with Crippen LogP contribution in [0, 0.1) is 0 Å². The predicted molar refractivity (Wildman–Crippen MR) is 69.1 cm³/mol. The molecule has 0 bridgehead atoms. The van der Waals surface area contributed by atoms with E-state index in [0.29, 0.717) is 0 Å². The zero-order chi connectivity index (χ0) is 10.7. The molecule has 0 heterocycles. The second kappa shape index (κ2) is 4.49. The van der Waals surface area contributed by atoms with Crippen LogP contribution in [0.25, 0.3) is 11.1 Å². The lowest BCUT2D eigenvalue weighted by Crippen LogP contribution is -1.88. The normalized spacial score (nSPS) is 10.0. The Hall–Kier alpha value is -1.28. The lowest BCUT2D eigenvalue weighted by molar-refractivity contribution is 1.49. The van der Waals surface area contributed by atoms with Gasteiger partial charge in [-0.25, -0.2) is 0 Å². The highest BCUT2D eigenvalue weighted by Gasteiger charge is 2.02. The van der Waals surface area contributed by atoms with E-state index in [2.05, 4.69) is 51.6 Å². The van der Waals surface area contributed by atoms with Crippen LogP contribution in [0.2, 0.25) is 0 Å². The van der Waals surface area contributed by atoms with Crippen molar-refractivity contribution in [2.75, 3.05) is 12.4 Å². The Morgan fingerprint density at radius 1 is 1.00 bits per heavy atom. The summed E-state index contributed by atoms with van der Waals surface area (Å²) in [6.45, 7) is 0. The van der Waals surface area contributed by atoms with E-state index in [1.54, 1.807) is 0 Å². The molecule has 0 aliphatic carbocycles. The molecule has 0 aromatic heterocycles. The lowest BCUT2D eigenvalue weighted by atomic mass is 10.1. The molecular formula is C13H12BrN. The van der Waals surface area contributed by atoms with Crippen LogP contribution in [-0.4, -0.2) is 7.05 Å². The Bertz CT molecular complexity index is 451. The quantitative estimate of drug-likeness (QED) is 0.856. The SMILES string of the molecule is CNc1ccc(-c2ccccc2)c(Br)c1. The van der Waals surface area contributed by atoms with Crippen molar-refractivity contribution in [1.82, 2.24) is 0 Å². The van der Waals surface area contributed by atoms with Gasteiger partial charge < -0.3 is 5.32 Å². The largest absolute Gasteiger partial charge is 0.388 e. The van der Waals surface area contributed by atoms with Gasteiger partial charge in [-0.15, -0.1) is 0 Å². The zero-order valence-electron chi connectivity index (χ0n) is 8.50. The summed E-state index contributed by atoms with van der Waals surface area (Å²) in [6.07, 6.45) is 0. The standard InChI is InChI=1S/C13H12BrN/c1-15-11-7-8-12(13(14)9-11)10-5-3-2-4-6-10/h2-9,15H,1H3. The minimum absolute atomic E-state index is 1.11. The lowest BCUT2D eigenvalue weighted by Gasteiger charge is -2.07. The maximum Gasteiger partial charge on any atom is 0.0349 e. The minimum atomic E-state index is 1.11. The van der Waals surface area contributed by atoms with Crippen LogP contribution >= 0.6 is 15.9 Å². The fourth-order valence-electron chi connectivity index (χ4n) is 1.52. The molecule has 0 saturated heterocycles. The van der Waals surface area contributed by atoms with Crippen LogP contribution in [0.3, 0.4) is 0 Å². The third-order valence-corrected chi connectivity index (χ3v) is 3.00. The molecule has 0 spiro atoms. The maximum absolute atomic E-state index is 3.58. The molecule has 0 fully saturated rings. The van der Waals surface area contributed by atoms with E-state index in [9.17, 15) is 0 Å². The van der Waals surface area contributed by atoms with Crippen LogP contribution in [0.1, 0.15) is 0 Å². The first kappa shape index (κ1) is 10.2. The summed E-state index contributed by atoms with van der Waals surface area (Å²) < 4.78 is 1.11. The minimum Gasteiger partial charge on any atom is -0.388 e. The Morgan fingerprint density at radius 3 is 2.33 bits per heavy atom. The van der Waals surface area contributed by atoms with E-state index in [1.165, 1.54) is 11.1 Å². The van der Waals surface area contributed by atoms with Gasteiger partial charge in [-0.1, -0.05) is 52.3 Å². The van der Waals surface area contributed by atoms with Crippen molar-refractivity contribution < 1.29 is 0 Å². The number of anilines is 1. The Balaban J connectivity index is 2.46. The first-order valence-corrected chi connectivity index (χ1v) is 5.63. The van der Waals surface area contributed by atoms with Crippen LogP contribution in [0.15, 0.2) is 53.0 Å². The second-order valence-corrected chi connectivity index (χ2v) is 4.16. The summed E-state index contributed by atoms with van der Waals surface area (Å²) >= 11 is 3.58. The fraction of sp³-hybridized carbons (Fsp3) is 0.0769. The monoisotopic (exact) mass is 261 g/mol. The molecule has 0 aliphatic rings. The molecule has 0 saturated carbocycles. The van der Waals surface area contributed by atoms with Crippen LogP contribution in [0.4, 0.5) is 5.69 Å². The smallest absolute Gasteiger partial charge is 0.0349 e. The molecule has 0 aliphatic heterocycles. The number of nitrogens with one attached hydrogen (secondary N) is 1. The number of benzene rings is 2. The van der Waals surface area contributed by atoms with E-state index in [1.807, 2.05) is 25.2 Å². The molecule has 15 heavy (non-hydrogen) atoms. The molecule has 2 rings (SSSR count). The van der Waals surface area contributed by atoms with Crippen molar-refractivity contribution in [1.29, 1.82) is 0 Å². The molecule has 0 unspecified atom stereocenters. The van der Waals surface area contributed by atoms with Gasteiger partial charge in [-0.05, 0) is 23.3 Å². The summed E-state index contributed by atoms with van der Waals surface area (Å²) in [5.74, 6) is 0. The van der Waals surface area contributed by atoms with Crippen molar-refractivity contribution in [3.8, 4) is 11.1 Å². The molecule has 2 heteroatoms. The van der Waals surface area contributed by atoms with Gasteiger partial charge in [0.1, 0.15) is 0 Å². The number of hydrogen-bond donors (Lipinski definition) is 1. The zero-order valence-corrected chi connectivity index (χ0v) is 10.1. The molecule has 1 N–H and O–H groups in total.